The molecule has 0 heterocycles. The first-order valence-electron chi connectivity index (χ1n) is 10.1. The number of carbonyl (C=O) groups is 1. The molecular formula is C24H24BrN3O5S. The molecule has 0 aliphatic rings. The van der Waals surface area contributed by atoms with Gasteiger partial charge in [0.15, 0.2) is 11.5 Å². The van der Waals surface area contributed by atoms with E-state index in [1.165, 1.54) is 32.4 Å². The van der Waals surface area contributed by atoms with Crippen LogP contribution >= 0.6 is 15.9 Å². The predicted molar refractivity (Wildman–Crippen MR) is 135 cm³/mol. The average molecular weight is 546 g/mol. The second kappa shape index (κ2) is 11.2. The highest BCUT2D eigenvalue weighted by Gasteiger charge is 2.28. The van der Waals surface area contributed by atoms with E-state index in [1.807, 2.05) is 24.3 Å². The first kappa shape index (κ1) is 25.3. The van der Waals surface area contributed by atoms with Gasteiger partial charge in [0.25, 0.3) is 15.9 Å². The lowest BCUT2D eigenvalue weighted by Gasteiger charge is -2.24. The Morgan fingerprint density at radius 1 is 0.971 bits per heavy atom. The number of amides is 1. The normalized spacial score (nSPS) is 11.6. The molecule has 0 unspecified atom stereocenters. The summed E-state index contributed by atoms with van der Waals surface area (Å²) in [7, 11) is -1.24. The highest BCUT2D eigenvalue weighted by Crippen LogP contribution is 2.32. The van der Waals surface area contributed by atoms with Gasteiger partial charge in [-0.3, -0.25) is 9.10 Å². The first-order valence-corrected chi connectivity index (χ1v) is 12.4. The third-order valence-corrected chi connectivity index (χ3v) is 7.13. The molecule has 0 fully saturated rings. The maximum Gasteiger partial charge on any atom is 0.264 e. The number of nitrogens with zero attached hydrogens (tertiary/aromatic N) is 2. The Bertz CT molecular complexity index is 1300. The lowest BCUT2D eigenvalue weighted by molar-refractivity contribution is -0.119. The molecule has 0 aliphatic carbocycles. The molecule has 3 aromatic carbocycles. The van der Waals surface area contributed by atoms with Crippen LogP contribution in [0.3, 0.4) is 0 Å². The molecule has 3 rings (SSSR count). The summed E-state index contributed by atoms with van der Waals surface area (Å²) in [5.41, 5.74) is 4.17. The van der Waals surface area contributed by atoms with Crippen molar-refractivity contribution in [3.8, 4) is 11.5 Å². The van der Waals surface area contributed by atoms with Crippen molar-refractivity contribution in [3.05, 3.63) is 82.8 Å². The Balaban J connectivity index is 1.90. The molecule has 0 radical (unpaired) electrons. The van der Waals surface area contributed by atoms with Gasteiger partial charge in [-0.2, -0.15) is 5.10 Å². The molecule has 0 saturated carbocycles. The number of hydrogen-bond donors (Lipinski definition) is 1. The van der Waals surface area contributed by atoms with Crippen molar-refractivity contribution >= 4 is 43.3 Å². The van der Waals surface area contributed by atoms with Crippen molar-refractivity contribution in [3.63, 3.8) is 0 Å². The molecule has 1 amide bonds. The van der Waals surface area contributed by atoms with Crippen LogP contribution in [0.1, 0.15) is 12.5 Å². The molecule has 34 heavy (non-hydrogen) atoms. The molecule has 178 valence electrons. The van der Waals surface area contributed by atoms with Crippen LogP contribution in [0.2, 0.25) is 0 Å². The van der Waals surface area contributed by atoms with E-state index >= 15 is 0 Å². The minimum atomic E-state index is -4.12. The topological polar surface area (TPSA) is 97.3 Å². The molecule has 0 saturated heterocycles. The molecular weight excluding hydrogens is 522 g/mol. The Labute approximate surface area is 207 Å². The van der Waals surface area contributed by atoms with E-state index < -0.39 is 22.5 Å². The van der Waals surface area contributed by atoms with Crippen LogP contribution in [0.25, 0.3) is 0 Å². The zero-order valence-corrected chi connectivity index (χ0v) is 21.3. The number of methoxy groups -OCH3 is 2. The molecule has 0 atom stereocenters. The number of hydrogen-bond acceptors (Lipinski definition) is 6. The van der Waals surface area contributed by atoms with Gasteiger partial charge in [0.05, 0.1) is 30.5 Å². The quantitative estimate of drug-likeness (QED) is 0.321. The molecule has 8 nitrogen and oxygen atoms in total. The number of halogens is 1. The molecule has 1 N–H and O–H groups in total. The monoisotopic (exact) mass is 545 g/mol. The van der Waals surface area contributed by atoms with Gasteiger partial charge >= 0.3 is 0 Å². The number of ether oxygens (including phenoxy) is 2. The lowest BCUT2D eigenvalue weighted by Crippen LogP contribution is -2.39. The SMILES string of the molecule is COc1ccc(S(=O)(=O)N(CC(=O)N/N=C(/C)c2cccc(Br)c2)c2ccccc2)cc1OC. The van der Waals surface area contributed by atoms with E-state index in [4.69, 9.17) is 9.47 Å². The van der Waals surface area contributed by atoms with Crippen molar-refractivity contribution < 1.29 is 22.7 Å². The standard InChI is InChI=1S/C24H24BrN3O5S/c1-17(18-8-7-9-19(25)14-18)26-27-24(29)16-28(20-10-5-4-6-11-20)34(30,31)21-12-13-22(32-2)23(15-21)33-3/h4-15H,16H2,1-3H3,(H,27,29)/b26-17-. The van der Waals surface area contributed by atoms with Crippen molar-refractivity contribution in [1.82, 2.24) is 5.43 Å². The van der Waals surface area contributed by atoms with Gasteiger partial charge in [0.2, 0.25) is 0 Å². The third-order valence-electron chi connectivity index (χ3n) is 4.87. The van der Waals surface area contributed by atoms with E-state index in [2.05, 4.69) is 26.5 Å². The van der Waals surface area contributed by atoms with Crippen LogP contribution in [0, 0.1) is 0 Å². The molecule has 0 spiro atoms. The summed E-state index contributed by atoms with van der Waals surface area (Å²) in [4.78, 5) is 12.7. The van der Waals surface area contributed by atoms with Crippen LogP contribution in [0.15, 0.2) is 87.3 Å². The summed E-state index contributed by atoms with van der Waals surface area (Å²) >= 11 is 3.40. The van der Waals surface area contributed by atoms with Crippen molar-refractivity contribution in [2.45, 2.75) is 11.8 Å². The molecule has 0 aromatic heterocycles. The third kappa shape index (κ3) is 5.95. The molecule has 10 heteroatoms. The zero-order valence-electron chi connectivity index (χ0n) is 18.9. The summed E-state index contributed by atoms with van der Waals surface area (Å²) in [5.74, 6) is 0.0559. The maximum atomic E-state index is 13.5. The number of carbonyl (C=O) groups excluding carboxylic acids is 1. The smallest absolute Gasteiger partial charge is 0.264 e. The van der Waals surface area contributed by atoms with Crippen LogP contribution in [0.4, 0.5) is 5.69 Å². The maximum absolute atomic E-state index is 13.5. The van der Waals surface area contributed by atoms with E-state index in [9.17, 15) is 13.2 Å². The molecule has 0 aliphatic heterocycles. The van der Waals surface area contributed by atoms with E-state index in [-0.39, 0.29) is 10.6 Å². The number of para-hydroxylation sites is 1. The predicted octanol–water partition coefficient (Wildman–Crippen LogP) is 4.20. The number of benzene rings is 3. The molecule has 3 aromatic rings. The minimum Gasteiger partial charge on any atom is -0.493 e. The summed E-state index contributed by atoms with van der Waals surface area (Å²) < 4.78 is 39.4. The summed E-state index contributed by atoms with van der Waals surface area (Å²) in [5, 5.41) is 4.13. The highest BCUT2D eigenvalue weighted by molar-refractivity contribution is 9.10. The Morgan fingerprint density at radius 3 is 2.32 bits per heavy atom. The van der Waals surface area contributed by atoms with Crippen LogP contribution in [-0.2, 0) is 14.8 Å². The van der Waals surface area contributed by atoms with Gasteiger partial charge in [-0.05, 0) is 48.9 Å². The number of anilines is 1. The van der Waals surface area contributed by atoms with Gasteiger partial charge in [0, 0.05) is 10.5 Å². The van der Waals surface area contributed by atoms with Gasteiger partial charge in [0.1, 0.15) is 6.54 Å². The number of hydrazone groups is 1. The fourth-order valence-corrected chi connectivity index (χ4v) is 4.94. The van der Waals surface area contributed by atoms with Crippen molar-refractivity contribution in [1.29, 1.82) is 0 Å². The lowest BCUT2D eigenvalue weighted by atomic mass is 10.1. The highest BCUT2D eigenvalue weighted by atomic mass is 79.9. The zero-order chi connectivity index (χ0) is 24.7. The Morgan fingerprint density at radius 2 is 1.68 bits per heavy atom. The first-order chi connectivity index (χ1) is 16.3. The number of nitrogens with one attached hydrogen (secondary N) is 1. The number of rotatable bonds is 9. The summed E-state index contributed by atoms with van der Waals surface area (Å²) in [6, 6.07) is 20.1. The van der Waals surface area contributed by atoms with Gasteiger partial charge < -0.3 is 9.47 Å². The van der Waals surface area contributed by atoms with Crippen LogP contribution in [0.5, 0.6) is 11.5 Å². The fraction of sp³-hybridized carbons (Fsp3) is 0.167. The minimum absolute atomic E-state index is 0.0457. The summed E-state index contributed by atoms with van der Waals surface area (Å²) in [6.07, 6.45) is 0. The second-order valence-corrected chi connectivity index (χ2v) is 9.88. The Kier molecular flexibility index (Phi) is 8.30. The largest absolute Gasteiger partial charge is 0.493 e. The summed E-state index contributed by atoms with van der Waals surface area (Å²) in [6.45, 7) is 1.27. The second-order valence-electron chi connectivity index (χ2n) is 7.11. The average Bonchev–Trinajstić information content (AvgIpc) is 2.85. The fourth-order valence-electron chi connectivity index (χ4n) is 3.10. The van der Waals surface area contributed by atoms with Gasteiger partial charge in [-0.25, -0.2) is 13.8 Å². The van der Waals surface area contributed by atoms with Gasteiger partial charge in [-0.15, -0.1) is 0 Å². The van der Waals surface area contributed by atoms with E-state index in [1.54, 1.807) is 37.3 Å². The van der Waals surface area contributed by atoms with E-state index in [0.29, 0.717) is 17.1 Å². The van der Waals surface area contributed by atoms with Gasteiger partial charge in [-0.1, -0.05) is 46.3 Å². The van der Waals surface area contributed by atoms with Crippen LogP contribution < -0.4 is 19.2 Å². The van der Waals surface area contributed by atoms with Crippen LogP contribution in [-0.4, -0.2) is 40.8 Å². The van der Waals surface area contributed by atoms with E-state index in [0.717, 1.165) is 14.3 Å². The molecule has 0 bridgehead atoms. The van der Waals surface area contributed by atoms with Crippen molar-refractivity contribution in [2.75, 3.05) is 25.1 Å². The number of sulfonamides is 1. The Hall–Kier alpha value is -3.37. The van der Waals surface area contributed by atoms with Crippen molar-refractivity contribution in [2.24, 2.45) is 5.10 Å².